The minimum Gasteiger partial charge on any atom is -0.358 e. The average Bonchev–Trinajstić information content (AvgIpc) is 3.18. The van der Waals surface area contributed by atoms with Gasteiger partial charge in [0.2, 0.25) is 0 Å². The Balaban J connectivity index is 1.57. The summed E-state index contributed by atoms with van der Waals surface area (Å²) in [5.41, 5.74) is 4.96. The van der Waals surface area contributed by atoms with E-state index in [0.29, 0.717) is 0 Å². The SMILES string of the molecule is CCNC(=NCCc1c(C)[nH]c2ccccc12)NCCn1cc(C)cn1. The number of hydrogen-bond donors (Lipinski definition) is 3. The number of fused-ring (bicyclic) bond motifs is 1. The number of hydrogen-bond acceptors (Lipinski definition) is 2. The number of H-pyrrole nitrogens is 1. The molecular formula is C20H28N6. The minimum absolute atomic E-state index is 0.749. The molecule has 0 aliphatic rings. The second-order valence-corrected chi connectivity index (χ2v) is 6.49. The first-order valence-corrected chi connectivity index (χ1v) is 9.24. The summed E-state index contributed by atoms with van der Waals surface area (Å²) < 4.78 is 1.95. The van der Waals surface area contributed by atoms with Crippen LogP contribution in [0.15, 0.2) is 41.7 Å². The smallest absolute Gasteiger partial charge is 0.191 e. The maximum atomic E-state index is 4.72. The number of nitrogens with one attached hydrogen (secondary N) is 3. The van der Waals surface area contributed by atoms with E-state index in [1.165, 1.54) is 27.7 Å². The zero-order valence-electron chi connectivity index (χ0n) is 15.8. The normalized spacial score (nSPS) is 11.9. The Morgan fingerprint density at radius 1 is 1.23 bits per heavy atom. The van der Waals surface area contributed by atoms with Crippen LogP contribution in [0.4, 0.5) is 0 Å². The van der Waals surface area contributed by atoms with E-state index in [1.54, 1.807) is 0 Å². The summed E-state index contributed by atoms with van der Waals surface area (Å²) in [7, 11) is 0. The zero-order chi connectivity index (χ0) is 18.4. The summed E-state index contributed by atoms with van der Waals surface area (Å²) in [4.78, 5) is 8.18. The molecule has 0 bridgehead atoms. The van der Waals surface area contributed by atoms with Crippen molar-refractivity contribution in [2.75, 3.05) is 19.6 Å². The lowest BCUT2D eigenvalue weighted by molar-refractivity contribution is 0.597. The van der Waals surface area contributed by atoms with Gasteiger partial charge < -0.3 is 15.6 Å². The third kappa shape index (κ3) is 4.45. The van der Waals surface area contributed by atoms with Crippen LogP contribution in [0.2, 0.25) is 0 Å². The van der Waals surface area contributed by atoms with Crippen LogP contribution in [-0.2, 0) is 13.0 Å². The summed E-state index contributed by atoms with van der Waals surface area (Å²) in [6, 6.07) is 8.45. The monoisotopic (exact) mass is 352 g/mol. The molecule has 3 aromatic rings. The van der Waals surface area contributed by atoms with Gasteiger partial charge in [-0.3, -0.25) is 9.67 Å². The molecule has 6 nitrogen and oxygen atoms in total. The third-order valence-electron chi connectivity index (χ3n) is 4.40. The molecule has 0 fully saturated rings. The number of aromatic amines is 1. The number of rotatable bonds is 7. The number of aliphatic imine (C=N–C) groups is 1. The van der Waals surface area contributed by atoms with E-state index >= 15 is 0 Å². The van der Waals surface area contributed by atoms with E-state index in [2.05, 4.69) is 65.8 Å². The largest absolute Gasteiger partial charge is 0.358 e. The van der Waals surface area contributed by atoms with Crippen LogP contribution >= 0.6 is 0 Å². The summed E-state index contributed by atoms with van der Waals surface area (Å²) in [5, 5.41) is 12.3. The lowest BCUT2D eigenvalue weighted by Crippen LogP contribution is -2.39. The van der Waals surface area contributed by atoms with E-state index in [-0.39, 0.29) is 0 Å². The molecule has 0 unspecified atom stereocenters. The molecule has 138 valence electrons. The fourth-order valence-corrected chi connectivity index (χ4v) is 3.16. The first-order chi connectivity index (χ1) is 12.7. The van der Waals surface area contributed by atoms with Crippen LogP contribution in [0.1, 0.15) is 23.7 Å². The van der Waals surface area contributed by atoms with Crippen LogP contribution in [0.5, 0.6) is 0 Å². The van der Waals surface area contributed by atoms with Crippen molar-refractivity contribution in [3.05, 3.63) is 53.5 Å². The van der Waals surface area contributed by atoms with Crippen LogP contribution in [0.25, 0.3) is 10.9 Å². The summed E-state index contributed by atoms with van der Waals surface area (Å²) in [6.07, 6.45) is 4.85. The van der Waals surface area contributed by atoms with E-state index in [9.17, 15) is 0 Å². The second-order valence-electron chi connectivity index (χ2n) is 6.49. The van der Waals surface area contributed by atoms with Gasteiger partial charge in [0.15, 0.2) is 5.96 Å². The molecule has 0 amide bonds. The van der Waals surface area contributed by atoms with Gasteiger partial charge in [-0.15, -0.1) is 0 Å². The van der Waals surface area contributed by atoms with Crippen molar-refractivity contribution in [2.45, 2.75) is 33.7 Å². The number of benzene rings is 1. The van der Waals surface area contributed by atoms with Crippen LogP contribution in [-0.4, -0.2) is 40.4 Å². The molecule has 1 aromatic carbocycles. The van der Waals surface area contributed by atoms with Gasteiger partial charge in [0.25, 0.3) is 0 Å². The van der Waals surface area contributed by atoms with Gasteiger partial charge in [-0.1, -0.05) is 18.2 Å². The average molecular weight is 352 g/mol. The molecule has 0 spiro atoms. The Labute approximate surface area is 154 Å². The molecule has 3 rings (SSSR count). The highest BCUT2D eigenvalue weighted by Crippen LogP contribution is 2.22. The van der Waals surface area contributed by atoms with Gasteiger partial charge in [-0.2, -0.15) is 5.10 Å². The topological polar surface area (TPSA) is 70.0 Å². The number of guanidine groups is 1. The number of nitrogens with zero attached hydrogens (tertiary/aromatic N) is 3. The first kappa shape index (κ1) is 18.0. The zero-order valence-corrected chi connectivity index (χ0v) is 15.8. The standard InChI is InChI=1S/C20H28N6/c1-4-21-20(23-11-12-26-14-15(2)13-24-26)22-10-9-17-16(3)25-19-8-6-5-7-18(17)19/h5-8,13-14,25H,4,9-12H2,1-3H3,(H2,21,22,23). The van der Waals surface area contributed by atoms with Crippen molar-refractivity contribution >= 4 is 16.9 Å². The van der Waals surface area contributed by atoms with E-state index < -0.39 is 0 Å². The molecule has 0 aliphatic heterocycles. The summed E-state index contributed by atoms with van der Waals surface area (Å²) in [6.45, 7) is 9.47. The van der Waals surface area contributed by atoms with Crippen molar-refractivity contribution in [1.82, 2.24) is 25.4 Å². The lowest BCUT2D eigenvalue weighted by Gasteiger charge is -2.11. The van der Waals surface area contributed by atoms with Crippen molar-refractivity contribution in [3.63, 3.8) is 0 Å². The van der Waals surface area contributed by atoms with Crippen molar-refractivity contribution in [1.29, 1.82) is 0 Å². The molecule has 0 saturated heterocycles. The second kappa shape index (κ2) is 8.56. The molecule has 0 atom stereocenters. The molecule has 2 aromatic heterocycles. The summed E-state index contributed by atoms with van der Waals surface area (Å²) >= 11 is 0. The van der Waals surface area contributed by atoms with E-state index in [0.717, 1.165) is 38.6 Å². The first-order valence-electron chi connectivity index (χ1n) is 9.24. The van der Waals surface area contributed by atoms with E-state index in [1.807, 2.05) is 17.1 Å². The van der Waals surface area contributed by atoms with Crippen LogP contribution < -0.4 is 10.6 Å². The van der Waals surface area contributed by atoms with Crippen LogP contribution in [0.3, 0.4) is 0 Å². The Hall–Kier alpha value is -2.76. The third-order valence-corrected chi connectivity index (χ3v) is 4.40. The number of para-hydroxylation sites is 1. The van der Waals surface area contributed by atoms with Crippen molar-refractivity contribution < 1.29 is 0 Å². The fourth-order valence-electron chi connectivity index (χ4n) is 3.16. The maximum absolute atomic E-state index is 4.72. The highest BCUT2D eigenvalue weighted by molar-refractivity contribution is 5.84. The number of aromatic nitrogens is 3. The predicted octanol–water partition coefficient (Wildman–Crippen LogP) is 2.78. The maximum Gasteiger partial charge on any atom is 0.191 e. The van der Waals surface area contributed by atoms with Gasteiger partial charge >= 0.3 is 0 Å². The Kier molecular flexibility index (Phi) is 5.94. The van der Waals surface area contributed by atoms with Gasteiger partial charge in [0.1, 0.15) is 0 Å². The fraction of sp³-hybridized carbons (Fsp3) is 0.400. The van der Waals surface area contributed by atoms with E-state index in [4.69, 9.17) is 4.99 Å². The Bertz CT molecular complexity index is 873. The molecule has 3 N–H and O–H groups in total. The molecule has 26 heavy (non-hydrogen) atoms. The van der Waals surface area contributed by atoms with Crippen LogP contribution in [0, 0.1) is 13.8 Å². The van der Waals surface area contributed by atoms with Crippen molar-refractivity contribution in [2.24, 2.45) is 4.99 Å². The molecular weight excluding hydrogens is 324 g/mol. The van der Waals surface area contributed by atoms with Gasteiger partial charge in [-0.05, 0) is 44.4 Å². The molecule has 6 heteroatoms. The Morgan fingerprint density at radius 2 is 2.08 bits per heavy atom. The van der Waals surface area contributed by atoms with Gasteiger partial charge in [0.05, 0.1) is 12.7 Å². The molecule has 2 heterocycles. The Morgan fingerprint density at radius 3 is 2.85 bits per heavy atom. The lowest BCUT2D eigenvalue weighted by atomic mass is 10.1. The predicted molar refractivity (Wildman–Crippen MR) is 108 cm³/mol. The molecule has 0 aliphatic carbocycles. The molecule has 0 radical (unpaired) electrons. The van der Waals surface area contributed by atoms with Crippen molar-refractivity contribution in [3.8, 4) is 0 Å². The van der Waals surface area contributed by atoms with Gasteiger partial charge in [0, 0.05) is 42.4 Å². The minimum atomic E-state index is 0.749. The quantitative estimate of drug-likeness (QED) is 0.452. The summed E-state index contributed by atoms with van der Waals surface area (Å²) in [5.74, 6) is 0.855. The molecule has 0 saturated carbocycles. The number of aryl methyl sites for hydroxylation is 2. The highest BCUT2D eigenvalue weighted by atomic mass is 15.3. The highest BCUT2D eigenvalue weighted by Gasteiger charge is 2.07. The van der Waals surface area contributed by atoms with Gasteiger partial charge in [-0.25, -0.2) is 0 Å².